The minimum Gasteiger partial charge on any atom is -0.291 e. The minimum absolute atomic E-state index is 0.0807. The molecule has 3 rings (SSSR count). The van der Waals surface area contributed by atoms with Gasteiger partial charge in [-0.05, 0) is 36.4 Å². The maximum atomic E-state index is 12.6. The van der Waals surface area contributed by atoms with E-state index in [2.05, 4.69) is 4.99 Å². The van der Waals surface area contributed by atoms with E-state index in [1.165, 1.54) is 0 Å². The summed E-state index contributed by atoms with van der Waals surface area (Å²) in [6.07, 6.45) is 0. The molecule has 106 valence electrons. The molecule has 0 radical (unpaired) electrons. The van der Waals surface area contributed by atoms with Crippen LogP contribution in [0.25, 0.3) is 0 Å². The zero-order valence-electron chi connectivity index (χ0n) is 11.1. The number of hydrogen-bond acceptors (Lipinski definition) is 2. The zero-order chi connectivity index (χ0) is 14.8. The molecule has 0 unspecified atom stereocenters. The van der Waals surface area contributed by atoms with Crippen molar-refractivity contribution in [2.45, 2.75) is 0 Å². The highest BCUT2D eigenvalue weighted by atomic mass is 35.5. The number of amidine groups is 1. The summed E-state index contributed by atoms with van der Waals surface area (Å²) in [5.41, 5.74) is 1.44. The van der Waals surface area contributed by atoms with Gasteiger partial charge in [0.2, 0.25) is 0 Å². The third kappa shape index (κ3) is 2.94. The molecule has 0 spiro atoms. The third-order valence-corrected chi connectivity index (χ3v) is 3.75. The average Bonchev–Trinajstić information content (AvgIpc) is 2.97. The molecule has 3 nitrogen and oxygen atoms in total. The van der Waals surface area contributed by atoms with E-state index >= 15 is 0 Å². The number of rotatable bonds is 2. The van der Waals surface area contributed by atoms with Gasteiger partial charge in [-0.2, -0.15) is 0 Å². The van der Waals surface area contributed by atoms with Crippen LogP contribution in [0.3, 0.4) is 0 Å². The van der Waals surface area contributed by atoms with E-state index in [1.807, 2.05) is 18.2 Å². The summed E-state index contributed by atoms with van der Waals surface area (Å²) in [5, 5.41) is 1.23. The highest BCUT2D eigenvalue weighted by Gasteiger charge is 2.25. The first kappa shape index (κ1) is 14.1. The summed E-state index contributed by atoms with van der Waals surface area (Å²) in [7, 11) is 0. The van der Waals surface area contributed by atoms with Gasteiger partial charge >= 0.3 is 0 Å². The zero-order valence-corrected chi connectivity index (χ0v) is 12.6. The van der Waals surface area contributed by atoms with Gasteiger partial charge in [0.25, 0.3) is 5.91 Å². The normalized spacial score (nSPS) is 14.2. The molecule has 5 heteroatoms. The molecule has 0 bridgehead atoms. The second-order valence-electron chi connectivity index (χ2n) is 4.68. The Bertz CT molecular complexity index is 710. The number of nitrogens with zero attached hydrogens (tertiary/aromatic N) is 2. The van der Waals surface area contributed by atoms with Crippen molar-refractivity contribution in [3.63, 3.8) is 0 Å². The van der Waals surface area contributed by atoms with Crippen molar-refractivity contribution in [1.29, 1.82) is 0 Å². The molecule has 0 atom stereocenters. The van der Waals surface area contributed by atoms with Gasteiger partial charge in [-0.3, -0.25) is 14.7 Å². The summed E-state index contributed by atoms with van der Waals surface area (Å²) < 4.78 is 0. The number of carbonyl (C=O) groups is 1. The minimum atomic E-state index is -0.0807. The summed E-state index contributed by atoms with van der Waals surface area (Å²) >= 11 is 11.9. The van der Waals surface area contributed by atoms with Crippen LogP contribution in [0.4, 0.5) is 0 Å². The summed E-state index contributed by atoms with van der Waals surface area (Å²) in [4.78, 5) is 18.7. The predicted octanol–water partition coefficient (Wildman–Crippen LogP) is 3.90. The first-order valence-electron chi connectivity index (χ1n) is 6.53. The van der Waals surface area contributed by atoms with Crippen LogP contribution in [0.1, 0.15) is 15.9 Å². The van der Waals surface area contributed by atoms with Gasteiger partial charge in [-0.1, -0.05) is 35.3 Å². The molecular weight excluding hydrogens is 307 g/mol. The lowest BCUT2D eigenvalue weighted by Crippen LogP contribution is -2.34. The van der Waals surface area contributed by atoms with E-state index in [9.17, 15) is 4.79 Å². The number of amides is 1. The molecule has 0 saturated carbocycles. The monoisotopic (exact) mass is 318 g/mol. The lowest BCUT2D eigenvalue weighted by molar-refractivity contribution is 0.0858. The van der Waals surface area contributed by atoms with Crippen molar-refractivity contribution in [1.82, 2.24) is 4.90 Å². The smallest absolute Gasteiger partial charge is 0.259 e. The molecule has 1 aliphatic rings. The Morgan fingerprint density at radius 3 is 2.52 bits per heavy atom. The van der Waals surface area contributed by atoms with Crippen molar-refractivity contribution < 1.29 is 4.79 Å². The predicted molar refractivity (Wildman–Crippen MR) is 85.3 cm³/mol. The topological polar surface area (TPSA) is 32.7 Å². The molecule has 1 heterocycles. The maximum absolute atomic E-state index is 12.6. The number of halogens is 2. The Balaban J connectivity index is 1.90. The Kier molecular flexibility index (Phi) is 3.95. The van der Waals surface area contributed by atoms with Gasteiger partial charge in [-0.15, -0.1) is 0 Å². The first-order valence-corrected chi connectivity index (χ1v) is 7.28. The van der Waals surface area contributed by atoms with Crippen LogP contribution in [0.2, 0.25) is 10.0 Å². The molecule has 0 saturated heterocycles. The van der Waals surface area contributed by atoms with E-state index < -0.39 is 0 Å². The Labute approximate surface area is 132 Å². The van der Waals surface area contributed by atoms with E-state index in [1.54, 1.807) is 35.2 Å². The molecule has 1 amide bonds. The van der Waals surface area contributed by atoms with Gasteiger partial charge in [0.1, 0.15) is 5.84 Å². The Hall–Kier alpha value is -1.84. The van der Waals surface area contributed by atoms with E-state index in [0.29, 0.717) is 34.5 Å². The highest BCUT2D eigenvalue weighted by Crippen LogP contribution is 2.19. The Morgan fingerprint density at radius 2 is 1.81 bits per heavy atom. The second kappa shape index (κ2) is 5.88. The molecule has 21 heavy (non-hydrogen) atoms. The van der Waals surface area contributed by atoms with Gasteiger partial charge in [0.15, 0.2) is 0 Å². The third-order valence-electron chi connectivity index (χ3n) is 3.26. The molecule has 2 aromatic carbocycles. The largest absolute Gasteiger partial charge is 0.291 e. The van der Waals surface area contributed by atoms with E-state index in [-0.39, 0.29) is 5.91 Å². The quantitative estimate of drug-likeness (QED) is 0.826. The fourth-order valence-electron chi connectivity index (χ4n) is 2.27. The number of hydrogen-bond donors (Lipinski definition) is 0. The van der Waals surface area contributed by atoms with Crippen molar-refractivity contribution in [2.24, 2.45) is 4.99 Å². The first-order chi connectivity index (χ1) is 10.1. The van der Waals surface area contributed by atoms with Crippen molar-refractivity contribution >= 4 is 34.9 Å². The van der Waals surface area contributed by atoms with Crippen LogP contribution < -0.4 is 0 Å². The van der Waals surface area contributed by atoms with Crippen LogP contribution in [-0.4, -0.2) is 29.7 Å². The van der Waals surface area contributed by atoms with Crippen molar-refractivity contribution in [3.8, 4) is 0 Å². The van der Waals surface area contributed by atoms with Crippen LogP contribution in [-0.2, 0) is 0 Å². The number of carbonyl (C=O) groups excluding carboxylic acids is 1. The van der Waals surface area contributed by atoms with Crippen molar-refractivity contribution in [3.05, 3.63) is 69.7 Å². The molecule has 0 N–H and O–H groups in total. The van der Waals surface area contributed by atoms with E-state index in [4.69, 9.17) is 23.2 Å². The lowest BCUT2D eigenvalue weighted by atomic mass is 10.1. The van der Waals surface area contributed by atoms with Crippen LogP contribution in [0, 0.1) is 0 Å². The highest BCUT2D eigenvalue weighted by molar-refractivity contribution is 6.31. The van der Waals surface area contributed by atoms with Crippen molar-refractivity contribution in [2.75, 3.05) is 13.1 Å². The second-order valence-corrected chi connectivity index (χ2v) is 5.55. The molecule has 2 aromatic rings. The number of benzene rings is 2. The maximum Gasteiger partial charge on any atom is 0.259 e. The van der Waals surface area contributed by atoms with Crippen LogP contribution >= 0.6 is 23.2 Å². The molecular formula is C16H12Cl2N2O. The van der Waals surface area contributed by atoms with Crippen LogP contribution in [0.15, 0.2) is 53.5 Å². The van der Waals surface area contributed by atoms with Crippen LogP contribution in [0.5, 0.6) is 0 Å². The summed E-state index contributed by atoms with van der Waals surface area (Å²) in [6.45, 7) is 1.17. The SMILES string of the molecule is O=C(c1ccc(Cl)cc1)N1CCN=C1c1cccc(Cl)c1. The van der Waals surface area contributed by atoms with Gasteiger partial charge in [0, 0.05) is 27.7 Å². The fraction of sp³-hybridized carbons (Fsp3) is 0.125. The molecule has 0 aromatic heterocycles. The number of aliphatic imine (C=N–C) groups is 1. The summed E-state index contributed by atoms with van der Waals surface area (Å²) in [5.74, 6) is 0.584. The molecule has 1 aliphatic heterocycles. The average molecular weight is 319 g/mol. The fourth-order valence-corrected chi connectivity index (χ4v) is 2.58. The lowest BCUT2D eigenvalue weighted by Gasteiger charge is -2.18. The van der Waals surface area contributed by atoms with Gasteiger partial charge in [0.05, 0.1) is 6.54 Å². The standard InChI is InChI=1S/C16H12Cl2N2O/c17-13-6-4-11(5-7-13)16(21)20-9-8-19-15(20)12-2-1-3-14(18)10-12/h1-7,10H,8-9H2. The molecule has 0 aliphatic carbocycles. The molecule has 0 fully saturated rings. The Morgan fingerprint density at radius 1 is 1.05 bits per heavy atom. The van der Waals surface area contributed by atoms with E-state index in [0.717, 1.165) is 5.56 Å². The summed E-state index contributed by atoms with van der Waals surface area (Å²) in [6, 6.07) is 14.2. The van der Waals surface area contributed by atoms with Gasteiger partial charge < -0.3 is 0 Å². The van der Waals surface area contributed by atoms with Gasteiger partial charge in [-0.25, -0.2) is 0 Å².